The van der Waals surface area contributed by atoms with Crippen molar-refractivity contribution in [3.63, 3.8) is 0 Å². The van der Waals surface area contributed by atoms with E-state index in [0.29, 0.717) is 6.04 Å². The zero-order valence-corrected chi connectivity index (χ0v) is 11.5. The maximum absolute atomic E-state index is 3.56. The molecule has 3 heteroatoms. The molecule has 1 atom stereocenters. The Morgan fingerprint density at radius 3 is 2.88 bits per heavy atom. The summed E-state index contributed by atoms with van der Waals surface area (Å²) in [6.07, 6.45) is 2.58. The molecule has 1 heterocycles. The molecule has 16 heavy (non-hydrogen) atoms. The first-order valence-corrected chi connectivity index (χ1v) is 7.07. The first-order chi connectivity index (χ1) is 7.74. The second kappa shape index (κ2) is 7.82. The summed E-state index contributed by atoms with van der Waals surface area (Å²) in [6.45, 7) is 7.89. The van der Waals surface area contributed by atoms with E-state index >= 15 is 0 Å². The monoisotopic (exact) mass is 240 g/mol. The van der Waals surface area contributed by atoms with Crippen molar-refractivity contribution in [1.82, 2.24) is 10.2 Å². The minimum Gasteiger partial charge on any atom is -0.308 e. The Bertz CT molecular complexity index is 259. The SMILES string of the molecule is CCCCN(C)CCNC(C)c1cccs1. The van der Waals surface area contributed by atoms with Gasteiger partial charge in [0.15, 0.2) is 0 Å². The van der Waals surface area contributed by atoms with Crippen LogP contribution in [0.5, 0.6) is 0 Å². The minimum absolute atomic E-state index is 0.486. The summed E-state index contributed by atoms with van der Waals surface area (Å²) in [4.78, 5) is 3.83. The molecule has 0 aliphatic rings. The van der Waals surface area contributed by atoms with Gasteiger partial charge in [0.2, 0.25) is 0 Å². The average Bonchev–Trinajstić information content (AvgIpc) is 2.79. The van der Waals surface area contributed by atoms with Crippen molar-refractivity contribution in [3.05, 3.63) is 22.4 Å². The molecule has 0 saturated carbocycles. The van der Waals surface area contributed by atoms with Gasteiger partial charge in [0, 0.05) is 24.0 Å². The molecular formula is C13H24N2S. The topological polar surface area (TPSA) is 15.3 Å². The molecular weight excluding hydrogens is 216 g/mol. The van der Waals surface area contributed by atoms with Crippen molar-refractivity contribution in [2.75, 3.05) is 26.7 Å². The minimum atomic E-state index is 0.486. The van der Waals surface area contributed by atoms with E-state index in [1.807, 2.05) is 11.3 Å². The highest BCUT2D eigenvalue weighted by Gasteiger charge is 2.05. The van der Waals surface area contributed by atoms with E-state index in [0.717, 1.165) is 13.1 Å². The Hall–Kier alpha value is -0.380. The molecule has 1 aromatic rings. The lowest BCUT2D eigenvalue weighted by Crippen LogP contribution is -2.31. The van der Waals surface area contributed by atoms with Gasteiger partial charge in [0.1, 0.15) is 0 Å². The van der Waals surface area contributed by atoms with Crippen LogP contribution in [0.4, 0.5) is 0 Å². The Kier molecular flexibility index (Phi) is 6.69. The number of hydrogen-bond acceptors (Lipinski definition) is 3. The zero-order valence-electron chi connectivity index (χ0n) is 10.7. The smallest absolute Gasteiger partial charge is 0.0386 e. The van der Waals surface area contributed by atoms with Crippen LogP contribution in [-0.4, -0.2) is 31.6 Å². The van der Waals surface area contributed by atoms with Crippen molar-refractivity contribution in [2.24, 2.45) is 0 Å². The van der Waals surface area contributed by atoms with Gasteiger partial charge in [0.05, 0.1) is 0 Å². The average molecular weight is 240 g/mol. The number of nitrogens with one attached hydrogen (secondary N) is 1. The lowest BCUT2D eigenvalue weighted by molar-refractivity contribution is 0.321. The molecule has 0 aliphatic heterocycles. The standard InChI is InChI=1S/C13H24N2S/c1-4-5-9-15(3)10-8-14-12(2)13-7-6-11-16-13/h6-7,11-12,14H,4-5,8-10H2,1-3H3. The number of likely N-dealkylation sites (N-methyl/N-ethyl adjacent to an activating group) is 1. The number of nitrogens with zero attached hydrogens (tertiary/aromatic N) is 1. The summed E-state index contributed by atoms with van der Waals surface area (Å²) in [5.41, 5.74) is 0. The molecule has 1 N–H and O–H groups in total. The summed E-state index contributed by atoms with van der Waals surface area (Å²) < 4.78 is 0. The maximum Gasteiger partial charge on any atom is 0.0386 e. The third-order valence-electron chi connectivity index (χ3n) is 2.81. The van der Waals surface area contributed by atoms with Crippen LogP contribution in [-0.2, 0) is 0 Å². The summed E-state index contributed by atoms with van der Waals surface area (Å²) in [5.74, 6) is 0. The Morgan fingerprint density at radius 2 is 2.25 bits per heavy atom. The van der Waals surface area contributed by atoms with E-state index in [-0.39, 0.29) is 0 Å². The molecule has 2 nitrogen and oxygen atoms in total. The number of hydrogen-bond donors (Lipinski definition) is 1. The first kappa shape index (κ1) is 13.7. The Labute approximate surface area is 104 Å². The summed E-state index contributed by atoms with van der Waals surface area (Å²) in [6, 6.07) is 4.80. The van der Waals surface area contributed by atoms with Crippen LogP contribution in [0.2, 0.25) is 0 Å². The molecule has 0 bridgehead atoms. The van der Waals surface area contributed by atoms with E-state index in [1.54, 1.807) is 0 Å². The van der Waals surface area contributed by atoms with Crippen molar-refractivity contribution < 1.29 is 0 Å². The maximum atomic E-state index is 3.56. The zero-order chi connectivity index (χ0) is 11.8. The molecule has 0 radical (unpaired) electrons. The molecule has 0 saturated heterocycles. The third-order valence-corrected chi connectivity index (χ3v) is 3.86. The van der Waals surface area contributed by atoms with Crippen LogP contribution < -0.4 is 5.32 Å². The molecule has 1 rings (SSSR count). The van der Waals surface area contributed by atoms with Gasteiger partial charge in [-0.3, -0.25) is 0 Å². The van der Waals surface area contributed by atoms with Crippen LogP contribution >= 0.6 is 11.3 Å². The molecule has 0 amide bonds. The number of unbranched alkanes of at least 4 members (excludes halogenated alkanes) is 1. The first-order valence-electron chi connectivity index (χ1n) is 6.19. The quantitative estimate of drug-likeness (QED) is 0.751. The lowest BCUT2D eigenvalue weighted by Gasteiger charge is -2.18. The molecule has 0 aromatic carbocycles. The number of rotatable bonds is 8. The van der Waals surface area contributed by atoms with Crippen LogP contribution in [0.3, 0.4) is 0 Å². The van der Waals surface area contributed by atoms with Gasteiger partial charge in [-0.2, -0.15) is 0 Å². The molecule has 0 aliphatic carbocycles. The fourth-order valence-corrected chi connectivity index (χ4v) is 2.41. The molecule has 1 aromatic heterocycles. The third kappa shape index (κ3) is 5.10. The van der Waals surface area contributed by atoms with Crippen molar-refractivity contribution in [3.8, 4) is 0 Å². The Morgan fingerprint density at radius 1 is 1.44 bits per heavy atom. The van der Waals surface area contributed by atoms with E-state index in [2.05, 4.69) is 48.6 Å². The predicted molar refractivity (Wildman–Crippen MR) is 73.1 cm³/mol. The fourth-order valence-electron chi connectivity index (χ4n) is 1.65. The Balaban J connectivity index is 2.11. The predicted octanol–water partition coefficient (Wildman–Crippen LogP) is 3.13. The largest absolute Gasteiger partial charge is 0.308 e. The molecule has 1 unspecified atom stereocenters. The fraction of sp³-hybridized carbons (Fsp3) is 0.692. The second-order valence-electron chi connectivity index (χ2n) is 4.35. The van der Waals surface area contributed by atoms with Crippen molar-refractivity contribution in [1.29, 1.82) is 0 Å². The molecule has 0 spiro atoms. The summed E-state index contributed by atoms with van der Waals surface area (Å²) >= 11 is 1.83. The van der Waals surface area contributed by atoms with Crippen LogP contribution in [0.1, 0.15) is 37.6 Å². The normalized spacial score (nSPS) is 13.2. The van der Waals surface area contributed by atoms with Gasteiger partial charge in [-0.15, -0.1) is 11.3 Å². The van der Waals surface area contributed by atoms with Crippen molar-refractivity contribution in [2.45, 2.75) is 32.7 Å². The van der Waals surface area contributed by atoms with Crippen LogP contribution in [0.25, 0.3) is 0 Å². The van der Waals surface area contributed by atoms with Gasteiger partial charge in [-0.25, -0.2) is 0 Å². The number of thiophene rings is 1. The highest BCUT2D eigenvalue weighted by molar-refractivity contribution is 7.10. The van der Waals surface area contributed by atoms with Gasteiger partial charge in [-0.05, 0) is 38.4 Å². The van der Waals surface area contributed by atoms with E-state index in [9.17, 15) is 0 Å². The van der Waals surface area contributed by atoms with Crippen LogP contribution in [0.15, 0.2) is 17.5 Å². The summed E-state index contributed by atoms with van der Waals surface area (Å²) in [5, 5.41) is 5.70. The van der Waals surface area contributed by atoms with E-state index in [4.69, 9.17) is 0 Å². The van der Waals surface area contributed by atoms with Gasteiger partial charge in [0.25, 0.3) is 0 Å². The van der Waals surface area contributed by atoms with Crippen LogP contribution in [0, 0.1) is 0 Å². The summed E-state index contributed by atoms with van der Waals surface area (Å²) in [7, 11) is 2.20. The highest BCUT2D eigenvalue weighted by Crippen LogP contribution is 2.17. The molecule has 92 valence electrons. The molecule has 0 fully saturated rings. The van der Waals surface area contributed by atoms with Gasteiger partial charge < -0.3 is 10.2 Å². The van der Waals surface area contributed by atoms with E-state index in [1.165, 1.54) is 24.3 Å². The second-order valence-corrected chi connectivity index (χ2v) is 5.33. The van der Waals surface area contributed by atoms with Gasteiger partial charge in [-0.1, -0.05) is 19.4 Å². The van der Waals surface area contributed by atoms with Crippen molar-refractivity contribution >= 4 is 11.3 Å². The van der Waals surface area contributed by atoms with E-state index < -0.39 is 0 Å². The lowest BCUT2D eigenvalue weighted by atomic mass is 10.2. The van der Waals surface area contributed by atoms with Gasteiger partial charge >= 0.3 is 0 Å². The highest BCUT2D eigenvalue weighted by atomic mass is 32.1.